The quantitative estimate of drug-likeness (QED) is 0.734. The summed E-state index contributed by atoms with van der Waals surface area (Å²) in [5.74, 6) is -0.545. The van der Waals surface area contributed by atoms with Gasteiger partial charge in [0.05, 0.1) is 5.02 Å². The Morgan fingerprint density at radius 1 is 1.38 bits per heavy atom. The van der Waals surface area contributed by atoms with Gasteiger partial charge >= 0.3 is 6.03 Å². The van der Waals surface area contributed by atoms with Crippen molar-refractivity contribution in [3.63, 3.8) is 0 Å². The number of likely N-dealkylation sites (N-methyl/N-ethyl adjacent to an activating group) is 1. The maximum absolute atomic E-state index is 13.2. The van der Waals surface area contributed by atoms with Crippen molar-refractivity contribution in [3.05, 3.63) is 69.5 Å². The van der Waals surface area contributed by atoms with Crippen LogP contribution in [0.5, 0.6) is 0 Å². The number of carbonyl (C=O) groups is 1. The first-order valence-corrected chi connectivity index (χ1v) is 8.26. The molecule has 0 unspecified atom stereocenters. The molecule has 0 fully saturated rings. The van der Waals surface area contributed by atoms with Gasteiger partial charge in [-0.3, -0.25) is 9.78 Å². The molecule has 8 heteroatoms. The summed E-state index contributed by atoms with van der Waals surface area (Å²) in [5, 5.41) is 3.36. The maximum Gasteiger partial charge on any atom is 0.321 e. The zero-order chi connectivity index (χ0) is 18.7. The standard InChI is InChI=1S/C18H16ClFN4O2/c1-24(18(26)23-12-4-5-15(20)14(19)9-12)8-6-11-10-22-17(25)16-13(11)3-2-7-21-16/h2-5,7,9-10H,6,8H2,1H3,(H,22,25)(H,23,26). The Labute approximate surface area is 153 Å². The monoisotopic (exact) mass is 374 g/mol. The topological polar surface area (TPSA) is 78.1 Å². The number of urea groups is 1. The van der Waals surface area contributed by atoms with Gasteiger partial charge in [0, 0.05) is 37.1 Å². The molecule has 3 aromatic rings. The van der Waals surface area contributed by atoms with E-state index in [1.807, 2.05) is 6.07 Å². The van der Waals surface area contributed by atoms with E-state index in [9.17, 15) is 14.0 Å². The van der Waals surface area contributed by atoms with Crippen LogP contribution >= 0.6 is 11.6 Å². The molecule has 0 atom stereocenters. The molecule has 2 N–H and O–H groups in total. The number of nitrogens with zero attached hydrogens (tertiary/aromatic N) is 2. The minimum Gasteiger partial charge on any atom is -0.327 e. The highest BCUT2D eigenvalue weighted by Gasteiger charge is 2.12. The molecular weight excluding hydrogens is 359 g/mol. The second-order valence-corrected chi connectivity index (χ2v) is 6.18. The first kappa shape index (κ1) is 17.9. The van der Waals surface area contributed by atoms with E-state index in [0.29, 0.717) is 24.2 Å². The Bertz CT molecular complexity index is 1020. The molecule has 6 nitrogen and oxygen atoms in total. The van der Waals surface area contributed by atoms with Crippen LogP contribution in [0.25, 0.3) is 10.9 Å². The SMILES string of the molecule is CN(CCc1c[nH]c(=O)c2ncccc12)C(=O)Nc1ccc(F)c(Cl)c1. The van der Waals surface area contributed by atoms with E-state index in [-0.39, 0.29) is 16.6 Å². The van der Waals surface area contributed by atoms with Crippen LogP contribution in [-0.4, -0.2) is 34.5 Å². The Hall–Kier alpha value is -2.93. The van der Waals surface area contributed by atoms with Crippen molar-refractivity contribution in [2.75, 3.05) is 18.9 Å². The van der Waals surface area contributed by atoms with E-state index >= 15 is 0 Å². The molecule has 0 aliphatic carbocycles. The predicted octanol–water partition coefficient (Wildman–Crippen LogP) is 3.42. The average Bonchev–Trinajstić information content (AvgIpc) is 2.64. The van der Waals surface area contributed by atoms with Gasteiger partial charge in [0.25, 0.3) is 5.56 Å². The number of amides is 2. The molecule has 0 saturated heterocycles. The molecule has 26 heavy (non-hydrogen) atoms. The molecule has 1 aromatic carbocycles. The van der Waals surface area contributed by atoms with Gasteiger partial charge < -0.3 is 15.2 Å². The first-order chi connectivity index (χ1) is 12.5. The highest BCUT2D eigenvalue weighted by molar-refractivity contribution is 6.31. The van der Waals surface area contributed by atoms with Crippen LogP contribution < -0.4 is 10.9 Å². The molecule has 2 heterocycles. The van der Waals surface area contributed by atoms with Crippen molar-refractivity contribution in [1.82, 2.24) is 14.9 Å². The minimum atomic E-state index is -0.545. The number of H-pyrrole nitrogens is 1. The van der Waals surface area contributed by atoms with Crippen molar-refractivity contribution < 1.29 is 9.18 Å². The molecule has 2 amide bonds. The van der Waals surface area contributed by atoms with E-state index in [2.05, 4.69) is 15.3 Å². The van der Waals surface area contributed by atoms with Gasteiger partial charge in [-0.2, -0.15) is 0 Å². The van der Waals surface area contributed by atoms with Crippen LogP contribution in [0.2, 0.25) is 5.02 Å². The Balaban J connectivity index is 1.68. The van der Waals surface area contributed by atoms with Crippen LogP contribution in [0, 0.1) is 5.82 Å². The number of pyridine rings is 2. The third kappa shape index (κ3) is 3.83. The van der Waals surface area contributed by atoms with Crippen LogP contribution in [-0.2, 0) is 6.42 Å². The van der Waals surface area contributed by atoms with E-state index in [1.165, 1.54) is 23.1 Å². The van der Waals surface area contributed by atoms with Gasteiger partial charge in [-0.25, -0.2) is 9.18 Å². The summed E-state index contributed by atoms with van der Waals surface area (Å²) in [5.41, 5.74) is 1.42. The van der Waals surface area contributed by atoms with E-state index < -0.39 is 5.82 Å². The number of fused-ring (bicyclic) bond motifs is 1. The smallest absolute Gasteiger partial charge is 0.321 e. The number of rotatable bonds is 4. The molecule has 2 aromatic heterocycles. The number of hydrogen-bond acceptors (Lipinski definition) is 3. The van der Waals surface area contributed by atoms with Crippen molar-refractivity contribution in [3.8, 4) is 0 Å². The summed E-state index contributed by atoms with van der Waals surface area (Å²) in [6.07, 6.45) is 3.74. The second kappa shape index (κ2) is 7.53. The molecule has 0 spiro atoms. The summed E-state index contributed by atoms with van der Waals surface area (Å²) in [6, 6.07) is 7.22. The number of halogens is 2. The third-order valence-corrected chi connectivity index (χ3v) is 4.27. The fourth-order valence-electron chi connectivity index (χ4n) is 2.53. The van der Waals surface area contributed by atoms with Crippen LogP contribution in [0.3, 0.4) is 0 Å². The lowest BCUT2D eigenvalue weighted by atomic mass is 10.1. The highest BCUT2D eigenvalue weighted by Crippen LogP contribution is 2.19. The summed E-state index contributed by atoms with van der Waals surface area (Å²) in [4.78, 5) is 32.3. The van der Waals surface area contributed by atoms with Crippen molar-refractivity contribution >= 4 is 34.2 Å². The average molecular weight is 375 g/mol. The van der Waals surface area contributed by atoms with Gasteiger partial charge in [0.2, 0.25) is 0 Å². The lowest BCUT2D eigenvalue weighted by Crippen LogP contribution is -2.33. The second-order valence-electron chi connectivity index (χ2n) is 5.77. The lowest BCUT2D eigenvalue weighted by molar-refractivity contribution is 0.223. The molecular formula is C18H16ClFN4O2. The highest BCUT2D eigenvalue weighted by atomic mass is 35.5. The number of benzene rings is 1. The largest absolute Gasteiger partial charge is 0.327 e. The number of anilines is 1. The fraction of sp³-hybridized carbons (Fsp3) is 0.167. The van der Waals surface area contributed by atoms with E-state index in [1.54, 1.807) is 25.5 Å². The normalized spacial score (nSPS) is 10.7. The fourth-order valence-corrected chi connectivity index (χ4v) is 2.71. The third-order valence-electron chi connectivity index (χ3n) is 3.98. The summed E-state index contributed by atoms with van der Waals surface area (Å²) in [7, 11) is 1.65. The van der Waals surface area contributed by atoms with Gasteiger partial charge in [-0.15, -0.1) is 0 Å². The molecule has 0 saturated carbocycles. The summed E-state index contributed by atoms with van der Waals surface area (Å²) < 4.78 is 13.2. The van der Waals surface area contributed by atoms with E-state index in [0.717, 1.165) is 10.9 Å². The Morgan fingerprint density at radius 3 is 2.96 bits per heavy atom. The minimum absolute atomic E-state index is 0.0577. The number of aromatic nitrogens is 2. The van der Waals surface area contributed by atoms with Crippen LogP contribution in [0.1, 0.15) is 5.56 Å². The van der Waals surface area contributed by atoms with E-state index in [4.69, 9.17) is 11.6 Å². The molecule has 0 aliphatic heterocycles. The van der Waals surface area contributed by atoms with Crippen molar-refractivity contribution in [1.29, 1.82) is 0 Å². The number of carbonyl (C=O) groups excluding carboxylic acids is 1. The lowest BCUT2D eigenvalue weighted by Gasteiger charge is -2.18. The summed E-state index contributed by atoms with van der Waals surface area (Å²) in [6.45, 7) is 0.413. The molecule has 0 radical (unpaired) electrons. The van der Waals surface area contributed by atoms with Gasteiger partial charge in [-0.05, 0) is 36.2 Å². The Kier molecular flexibility index (Phi) is 5.18. The first-order valence-electron chi connectivity index (χ1n) is 7.88. The zero-order valence-electron chi connectivity index (χ0n) is 13.9. The number of nitrogens with one attached hydrogen (secondary N) is 2. The van der Waals surface area contributed by atoms with Gasteiger partial charge in [0.15, 0.2) is 0 Å². The molecule has 0 aliphatic rings. The van der Waals surface area contributed by atoms with Crippen LogP contribution in [0.4, 0.5) is 14.9 Å². The Morgan fingerprint density at radius 2 is 2.19 bits per heavy atom. The van der Waals surface area contributed by atoms with Gasteiger partial charge in [0.1, 0.15) is 11.3 Å². The summed E-state index contributed by atoms with van der Waals surface area (Å²) >= 11 is 5.71. The molecule has 134 valence electrons. The predicted molar refractivity (Wildman–Crippen MR) is 99.1 cm³/mol. The number of hydrogen-bond donors (Lipinski definition) is 2. The maximum atomic E-state index is 13.2. The van der Waals surface area contributed by atoms with Gasteiger partial charge in [-0.1, -0.05) is 17.7 Å². The zero-order valence-corrected chi connectivity index (χ0v) is 14.7. The van der Waals surface area contributed by atoms with Crippen LogP contribution in [0.15, 0.2) is 47.5 Å². The van der Waals surface area contributed by atoms with Crippen molar-refractivity contribution in [2.24, 2.45) is 0 Å². The van der Waals surface area contributed by atoms with Crippen molar-refractivity contribution in [2.45, 2.75) is 6.42 Å². The molecule has 3 rings (SSSR count). The number of aromatic amines is 1. The molecule has 0 bridgehead atoms.